The van der Waals surface area contributed by atoms with E-state index in [1.54, 1.807) is 0 Å². The molecule has 4 aromatic carbocycles. The predicted octanol–water partition coefficient (Wildman–Crippen LogP) is 12.3. The lowest BCUT2D eigenvalue weighted by Crippen LogP contribution is -2.42. The number of rotatable bonds is 4. The monoisotopic (exact) mass is 672 g/mol. The maximum atomic E-state index is 5.18. The van der Waals surface area contributed by atoms with Gasteiger partial charge in [0.2, 0.25) is 0 Å². The third-order valence-corrected chi connectivity index (χ3v) is 12.5. The predicted molar refractivity (Wildman–Crippen MR) is 214 cm³/mol. The lowest BCUT2D eigenvalue weighted by Gasteiger charge is -2.44. The Morgan fingerprint density at radius 1 is 0.471 bits per heavy atom. The largest absolute Gasteiger partial charge is 0.255 e. The molecule has 0 spiro atoms. The summed E-state index contributed by atoms with van der Waals surface area (Å²) in [5.41, 5.74) is 10.5. The fourth-order valence-corrected chi connectivity index (χ4v) is 7.80. The van der Waals surface area contributed by atoms with Gasteiger partial charge in [-0.1, -0.05) is 168 Å². The molecule has 1 aliphatic carbocycles. The van der Waals surface area contributed by atoms with Crippen LogP contribution in [0.3, 0.4) is 0 Å². The molecule has 0 atom stereocenters. The van der Waals surface area contributed by atoms with Gasteiger partial charge in [-0.2, -0.15) is 0 Å². The van der Waals surface area contributed by atoms with Gasteiger partial charge in [0.15, 0.2) is 17.5 Å². The molecule has 0 fully saturated rings. The highest BCUT2D eigenvalue weighted by Crippen LogP contribution is 2.61. The molecule has 2 heterocycles. The van der Waals surface area contributed by atoms with Crippen molar-refractivity contribution in [2.24, 2.45) is 5.41 Å². The Labute approximate surface area is 304 Å². The van der Waals surface area contributed by atoms with Crippen LogP contribution in [0.4, 0.5) is 0 Å². The molecule has 0 saturated heterocycles. The molecular formula is C47H52N4. The first-order chi connectivity index (χ1) is 23.8. The molecule has 0 amide bonds. The van der Waals surface area contributed by atoms with Gasteiger partial charge in [0, 0.05) is 33.8 Å². The van der Waals surface area contributed by atoms with Gasteiger partial charge in [0.1, 0.15) is 0 Å². The Morgan fingerprint density at radius 3 is 1.43 bits per heavy atom. The lowest BCUT2D eigenvalue weighted by molar-refractivity contribution is 0.125. The topological polar surface area (TPSA) is 51.6 Å². The van der Waals surface area contributed by atoms with Crippen molar-refractivity contribution in [2.45, 2.75) is 105 Å². The molecule has 0 saturated carbocycles. The number of pyridine rings is 1. The zero-order valence-electron chi connectivity index (χ0n) is 32.5. The Bertz CT molecular complexity index is 2200. The van der Waals surface area contributed by atoms with Crippen molar-refractivity contribution in [3.05, 3.63) is 119 Å². The molecule has 6 aromatic rings. The van der Waals surface area contributed by atoms with E-state index in [2.05, 4.69) is 174 Å². The Morgan fingerprint density at radius 2 is 0.922 bits per heavy atom. The van der Waals surface area contributed by atoms with Gasteiger partial charge in [0.25, 0.3) is 0 Å². The minimum absolute atomic E-state index is 0.00539. The Hall–Kier alpha value is -4.70. The first-order valence-electron chi connectivity index (χ1n) is 18.3. The van der Waals surface area contributed by atoms with Crippen LogP contribution in [0.2, 0.25) is 0 Å². The van der Waals surface area contributed by atoms with Gasteiger partial charge in [-0.05, 0) is 60.8 Å². The fraction of sp³-hybridized carbons (Fsp3) is 0.362. The van der Waals surface area contributed by atoms with Crippen molar-refractivity contribution < 1.29 is 0 Å². The van der Waals surface area contributed by atoms with E-state index in [0.29, 0.717) is 17.5 Å². The number of hydrogen-bond donors (Lipinski definition) is 0. The van der Waals surface area contributed by atoms with Crippen molar-refractivity contribution in [2.75, 3.05) is 0 Å². The summed E-state index contributed by atoms with van der Waals surface area (Å²) >= 11 is 0. The summed E-state index contributed by atoms with van der Waals surface area (Å²) in [6, 6.07) is 32.8. The second kappa shape index (κ2) is 11.7. The van der Waals surface area contributed by atoms with Gasteiger partial charge in [-0.15, -0.1) is 0 Å². The van der Waals surface area contributed by atoms with Gasteiger partial charge in [0.05, 0.1) is 5.69 Å². The Balaban J connectivity index is 1.39. The summed E-state index contributed by atoms with van der Waals surface area (Å²) in [6.45, 7) is 27.8. The van der Waals surface area contributed by atoms with E-state index in [4.69, 9.17) is 19.9 Å². The van der Waals surface area contributed by atoms with E-state index in [-0.39, 0.29) is 27.1 Å². The number of fused-ring (bicyclic) bond motifs is 2. The highest BCUT2D eigenvalue weighted by molar-refractivity contribution is 6.02. The number of hydrogen-bond acceptors (Lipinski definition) is 4. The number of aromatic nitrogens is 4. The minimum Gasteiger partial charge on any atom is -0.255 e. The van der Waals surface area contributed by atoms with E-state index in [0.717, 1.165) is 38.7 Å². The van der Waals surface area contributed by atoms with E-state index < -0.39 is 0 Å². The van der Waals surface area contributed by atoms with Crippen molar-refractivity contribution in [3.8, 4) is 45.4 Å². The van der Waals surface area contributed by atoms with Gasteiger partial charge >= 0.3 is 0 Å². The summed E-state index contributed by atoms with van der Waals surface area (Å²) in [5, 5.41) is 2.15. The first-order valence-corrected chi connectivity index (χ1v) is 18.3. The molecule has 1 aliphatic rings. The van der Waals surface area contributed by atoms with E-state index in [1.165, 1.54) is 22.3 Å². The fourth-order valence-electron chi connectivity index (χ4n) is 7.80. The maximum Gasteiger partial charge on any atom is 0.166 e. The molecule has 0 bridgehead atoms. The third kappa shape index (κ3) is 5.68. The SMILES string of the molecule is CC(C)(C)c1ccc(-c2nc(-c3ccc(C(C)(C)C)cc3)nc(-c3cnc(-c4ccc5c(c4)C(C)(C)C(C)(C)C5(C)C)c4ccccc34)n2)cc1. The molecule has 4 heteroatoms. The average molecular weight is 673 g/mol. The van der Waals surface area contributed by atoms with Crippen LogP contribution in [0.1, 0.15) is 105 Å². The van der Waals surface area contributed by atoms with Crippen LogP contribution in [0, 0.1) is 5.41 Å². The van der Waals surface area contributed by atoms with E-state index in [9.17, 15) is 0 Å². The molecule has 2 aromatic heterocycles. The summed E-state index contributed by atoms with van der Waals surface area (Å²) in [6.07, 6.45) is 1.96. The third-order valence-electron chi connectivity index (χ3n) is 12.5. The molecule has 0 unspecified atom stereocenters. The molecule has 51 heavy (non-hydrogen) atoms. The number of benzene rings is 4. The maximum absolute atomic E-state index is 5.18. The van der Waals surface area contributed by atoms with Gasteiger partial charge in [-0.25, -0.2) is 15.0 Å². The smallest absolute Gasteiger partial charge is 0.166 e. The molecule has 7 rings (SSSR count). The van der Waals surface area contributed by atoms with E-state index >= 15 is 0 Å². The van der Waals surface area contributed by atoms with Crippen LogP contribution >= 0.6 is 0 Å². The van der Waals surface area contributed by atoms with E-state index in [1.807, 2.05) is 6.20 Å². The molecule has 0 N–H and O–H groups in total. The first kappa shape index (κ1) is 34.7. The van der Waals surface area contributed by atoms with Crippen LogP contribution in [0.15, 0.2) is 97.2 Å². The summed E-state index contributed by atoms with van der Waals surface area (Å²) in [4.78, 5) is 20.5. The van der Waals surface area contributed by atoms with Crippen molar-refractivity contribution in [3.63, 3.8) is 0 Å². The molecule has 0 aliphatic heterocycles. The highest BCUT2D eigenvalue weighted by atomic mass is 15.0. The van der Waals surface area contributed by atoms with Crippen molar-refractivity contribution in [1.82, 2.24) is 19.9 Å². The standard InChI is InChI=1S/C47H52N4/c1-43(2,3)32-22-17-29(18-23-32)40-49-41(30-19-24-33(25-20-30)44(4,5)6)51-42(50-40)36-28-48-39(35-16-14-13-15-34(35)36)31-21-26-37-38(27-31)46(9,10)47(11,12)45(37,7)8/h13-28H,1-12H3. The summed E-state index contributed by atoms with van der Waals surface area (Å²) in [7, 11) is 0. The zero-order valence-corrected chi connectivity index (χ0v) is 32.5. The van der Waals surface area contributed by atoms with Gasteiger partial charge in [-0.3, -0.25) is 4.98 Å². The average Bonchev–Trinajstić information content (AvgIpc) is 3.20. The second-order valence-corrected chi connectivity index (χ2v) is 18.2. The van der Waals surface area contributed by atoms with Gasteiger partial charge < -0.3 is 0 Å². The number of nitrogens with zero attached hydrogens (tertiary/aromatic N) is 4. The summed E-state index contributed by atoms with van der Waals surface area (Å²) < 4.78 is 0. The Kier molecular flexibility index (Phi) is 7.94. The molecule has 260 valence electrons. The van der Waals surface area contributed by atoms with Crippen molar-refractivity contribution >= 4 is 10.8 Å². The minimum atomic E-state index is 0.00539. The zero-order chi connectivity index (χ0) is 36.7. The van der Waals surface area contributed by atoms with Crippen molar-refractivity contribution in [1.29, 1.82) is 0 Å². The van der Waals surface area contributed by atoms with Crippen LogP contribution in [0.25, 0.3) is 56.2 Å². The molecule has 4 nitrogen and oxygen atoms in total. The van der Waals surface area contributed by atoms with Crippen LogP contribution in [0.5, 0.6) is 0 Å². The normalized spacial score (nSPS) is 16.3. The second-order valence-electron chi connectivity index (χ2n) is 18.2. The van der Waals surface area contributed by atoms with Crippen LogP contribution in [-0.2, 0) is 21.7 Å². The van der Waals surface area contributed by atoms with Crippen LogP contribution in [-0.4, -0.2) is 19.9 Å². The van der Waals surface area contributed by atoms with Crippen LogP contribution < -0.4 is 0 Å². The molecular weight excluding hydrogens is 621 g/mol. The lowest BCUT2D eigenvalue weighted by atomic mass is 9.59. The summed E-state index contributed by atoms with van der Waals surface area (Å²) in [5.74, 6) is 1.91. The quantitative estimate of drug-likeness (QED) is 0.187. The highest BCUT2D eigenvalue weighted by Gasteiger charge is 2.56. The molecule has 0 radical (unpaired) electrons.